The molecule has 0 atom stereocenters. The van der Waals surface area contributed by atoms with Crippen LogP contribution in [0.25, 0.3) is 11.3 Å². The maximum Gasteiger partial charge on any atom is 0.416 e. The Bertz CT molecular complexity index is 1200. The van der Waals surface area contributed by atoms with E-state index in [9.17, 15) is 26.4 Å². The molecule has 3 aromatic rings. The molecule has 1 amide bonds. The lowest BCUT2D eigenvalue weighted by Crippen LogP contribution is -2.13. The largest absolute Gasteiger partial charge is 0.451 e. The van der Waals surface area contributed by atoms with Gasteiger partial charge >= 0.3 is 6.18 Å². The maximum absolute atomic E-state index is 12.9. The van der Waals surface area contributed by atoms with Crippen LogP contribution in [0.5, 0.6) is 0 Å². The van der Waals surface area contributed by atoms with Crippen molar-refractivity contribution in [3.63, 3.8) is 0 Å². The number of carbonyl (C=O) groups is 1. The number of nitrogens with one attached hydrogen (secondary N) is 2. The van der Waals surface area contributed by atoms with Gasteiger partial charge in [0, 0.05) is 11.3 Å². The summed E-state index contributed by atoms with van der Waals surface area (Å²) < 4.78 is 69.3. The molecule has 0 aliphatic carbocycles. The van der Waals surface area contributed by atoms with Crippen molar-refractivity contribution in [2.75, 3.05) is 16.3 Å². The first kappa shape index (κ1) is 21.4. The summed E-state index contributed by atoms with van der Waals surface area (Å²) in [7, 11) is -3.50. The number of hydrogen-bond donors (Lipinski definition) is 2. The van der Waals surface area contributed by atoms with Crippen LogP contribution in [0.1, 0.15) is 21.7 Å². The number of amides is 1. The van der Waals surface area contributed by atoms with Crippen molar-refractivity contribution in [1.82, 2.24) is 0 Å². The molecular weight excluding hydrogens is 421 g/mol. The Balaban J connectivity index is 1.80. The maximum atomic E-state index is 12.9. The average molecular weight is 438 g/mol. The van der Waals surface area contributed by atoms with E-state index in [4.69, 9.17) is 4.42 Å². The second kappa shape index (κ2) is 7.86. The molecule has 0 saturated heterocycles. The number of halogens is 3. The number of carbonyl (C=O) groups excluding carboxylic acids is 1. The van der Waals surface area contributed by atoms with Crippen LogP contribution in [0.4, 0.5) is 24.5 Å². The van der Waals surface area contributed by atoms with Gasteiger partial charge in [0.15, 0.2) is 5.76 Å². The SMILES string of the molecule is Cc1ccc(NC(=O)c2ccc(-c3cccc(C(F)(F)F)c3)o2)cc1NS(C)(=O)=O. The van der Waals surface area contributed by atoms with Crippen LogP contribution in [-0.4, -0.2) is 20.6 Å². The molecule has 0 bridgehead atoms. The van der Waals surface area contributed by atoms with Crippen molar-refractivity contribution in [3.05, 3.63) is 71.5 Å². The summed E-state index contributed by atoms with van der Waals surface area (Å²) in [4.78, 5) is 12.4. The van der Waals surface area contributed by atoms with E-state index in [2.05, 4.69) is 10.0 Å². The molecule has 0 radical (unpaired) electrons. The smallest absolute Gasteiger partial charge is 0.416 e. The quantitative estimate of drug-likeness (QED) is 0.593. The molecular formula is C20H17F3N2O4S. The molecule has 2 N–H and O–H groups in total. The fourth-order valence-corrected chi connectivity index (χ4v) is 3.29. The molecule has 0 unspecified atom stereocenters. The minimum absolute atomic E-state index is 0.106. The van der Waals surface area contributed by atoms with E-state index >= 15 is 0 Å². The molecule has 3 rings (SSSR count). The monoisotopic (exact) mass is 438 g/mol. The third kappa shape index (κ3) is 5.20. The average Bonchev–Trinajstić information content (AvgIpc) is 3.13. The highest BCUT2D eigenvalue weighted by Gasteiger charge is 2.30. The third-order valence-corrected chi connectivity index (χ3v) is 4.69. The van der Waals surface area contributed by atoms with Gasteiger partial charge in [0.25, 0.3) is 5.91 Å². The van der Waals surface area contributed by atoms with Crippen molar-refractivity contribution in [1.29, 1.82) is 0 Å². The van der Waals surface area contributed by atoms with Gasteiger partial charge in [-0.25, -0.2) is 8.42 Å². The van der Waals surface area contributed by atoms with Crippen LogP contribution in [0.3, 0.4) is 0 Å². The molecule has 2 aromatic carbocycles. The van der Waals surface area contributed by atoms with Crippen LogP contribution in [0.2, 0.25) is 0 Å². The summed E-state index contributed by atoms with van der Waals surface area (Å²) in [6.45, 7) is 1.70. The summed E-state index contributed by atoms with van der Waals surface area (Å²) in [6.07, 6.45) is -3.48. The van der Waals surface area contributed by atoms with Crippen molar-refractivity contribution >= 4 is 27.3 Å². The van der Waals surface area contributed by atoms with Crippen molar-refractivity contribution in [3.8, 4) is 11.3 Å². The second-order valence-corrected chi connectivity index (χ2v) is 8.35. The normalized spacial score (nSPS) is 11.9. The first-order valence-corrected chi connectivity index (χ1v) is 10.5. The topological polar surface area (TPSA) is 88.4 Å². The van der Waals surface area contributed by atoms with Gasteiger partial charge in [0.2, 0.25) is 10.0 Å². The van der Waals surface area contributed by atoms with Crippen molar-refractivity contribution in [2.45, 2.75) is 13.1 Å². The summed E-state index contributed by atoms with van der Waals surface area (Å²) in [6, 6.07) is 12.0. The lowest BCUT2D eigenvalue weighted by atomic mass is 10.1. The van der Waals surface area contributed by atoms with Gasteiger partial charge in [-0.15, -0.1) is 0 Å². The van der Waals surface area contributed by atoms with Crippen LogP contribution in [0, 0.1) is 6.92 Å². The van der Waals surface area contributed by atoms with Crippen LogP contribution in [0.15, 0.2) is 59.0 Å². The minimum Gasteiger partial charge on any atom is -0.451 e. The fraction of sp³-hybridized carbons (Fsp3) is 0.150. The first-order chi connectivity index (χ1) is 13.9. The molecule has 30 heavy (non-hydrogen) atoms. The molecule has 158 valence electrons. The number of anilines is 2. The van der Waals surface area contributed by atoms with Crippen LogP contribution in [-0.2, 0) is 16.2 Å². The van der Waals surface area contributed by atoms with E-state index in [-0.39, 0.29) is 17.1 Å². The minimum atomic E-state index is -4.49. The van der Waals surface area contributed by atoms with Gasteiger partial charge in [-0.1, -0.05) is 18.2 Å². The predicted molar refractivity (Wildman–Crippen MR) is 107 cm³/mol. The van der Waals surface area contributed by atoms with E-state index in [0.717, 1.165) is 18.4 Å². The van der Waals surface area contributed by atoms with Crippen molar-refractivity contribution < 1.29 is 30.8 Å². The molecule has 6 nitrogen and oxygen atoms in total. The molecule has 0 spiro atoms. The molecule has 0 aliphatic rings. The fourth-order valence-electron chi connectivity index (χ4n) is 2.67. The van der Waals surface area contributed by atoms with Gasteiger partial charge in [-0.05, 0) is 48.9 Å². The molecule has 1 heterocycles. The summed E-state index contributed by atoms with van der Waals surface area (Å²) >= 11 is 0. The van der Waals surface area contributed by atoms with E-state index < -0.39 is 27.7 Å². The third-order valence-electron chi connectivity index (χ3n) is 4.09. The Morgan fingerprint density at radius 3 is 2.43 bits per heavy atom. The number of hydrogen-bond acceptors (Lipinski definition) is 4. The molecule has 0 saturated carbocycles. The highest BCUT2D eigenvalue weighted by molar-refractivity contribution is 7.92. The number of aryl methyl sites for hydroxylation is 1. The highest BCUT2D eigenvalue weighted by Crippen LogP contribution is 2.32. The highest BCUT2D eigenvalue weighted by atomic mass is 32.2. The standard InChI is InChI=1S/C20H17F3N2O4S/c1-12-6-7-15(11-16(12)25-30(2,27)28)24-19(26)18-9-8-17(29-18)13-4-3-5-14(10-13)20(21,22)23/h3-11,25H,1-2H3,(H,24,26). The Kier molecular flexibility index (Phi) is 5.62. The zero-order chi connectivity index (χ0) is 22.1. The lowest BCUT2D eigenvalue weighted by Gasteiger charge is -2.10. The van der Waals surface area contributed by atoms with E-state index in [1.807, 2.05) is 0 Å². The lowest BCUT2D eigenvalue weighted by molar-refractivity contribution is -0.137. The van der Waals surface area contributed by atoms with Gasteiger partial charge < -0.3 is 9.73 Å². The van der Waals surface area contributed by atoms with Crippen LogP contribution < -0.4 is 10.0 Å². The van der Waals surface area contributed by atoms with E-state index in [1.54, 1.807) is 19.1 Å². The Labute approximate surface area is 170 Å². The van der Waals surface area contributed by atoms with Gasteiger partial charge in [0.1, 0.15) is 5.76 Å². The number of furan rings is 1. The van der Waals surface area contributed by atoms with E-state index in [1.165, 1.54) is 30.3 Å². The molecule has 1 aromatic heterocycles. The van der Waals surface area contributed by atoms with Crippen LogP contribution >= 0.6 is 0 Å². The molecule has 10 heteroatoms. The zero-order valence-corrected chi connectivity index (χ0v) is 16.7. The van der Waals surface area contributed by atoms with Gasteiger partial charge in [-0.2, -0.15) is 13.2 Å². The number of benzene rings is 2. The van der Waals surface area contributed by atoms with E-state index in [0.29, 0.717) is 16.9 Å². The summed E-state index contributed by atoms with van der Waals surface area (Å²) in [5, 5.41) is 2.56. The van der Waals surface area contributed by atoms with Gasteiger partial charge in [0.05, 0.1) is 17.5 Å². The predicted octanol–water partition coefficient (Wildman–Crippen LogP) is 4.90. The number of alkyl halides is 3. The Hall–Kier alpha value is -3.27. The first-order valence-electron chi connectivity index (χ1n) is 8.60. The molecule has 0 aliphatic heterocycles. The Morgan fingerprint density at radius 1 is 1.03 bits per heavy atom. The summed E-state index contributed by atoms with van der Waals surface area (Å²) in [5.74, 6) is -0.641. The Morgan fingerprint density at radius 2 is 1.77 bits per heavy atom. The number of sulfonamides is 1. The second-order valence-electron chi connectivity index (χ2n) is 6.60. The van der Waals surface area contributed by atoms with Gasteiger partial charge in [-0.3, -0.25) is 9.52 Å². The summed E-state index contributed by atoms with van der Waals surface area (Å²) in [5.41, 5.74) is 0.628. The number of rotatable bonds is 5. The molecule has 0 fully saturated rings. The zero-order valence-electron chi connectivity index (χ0n) is 15.9. The van der Waals surface area contributed by atoms with Crippen molar-refractivity contribution in [2.24, 2.45) is 0 Å².